The van der Waals surface area contributed by atoms with Crippen LogP contribution in [0.4, 0.5) is 0 Å². The van der Waals surface area contributed by atoms with Crippen molar-refractivity contribution < 1.29 is 22.4 Å². The highest BCUT2D eigenvalue weighted by Crippen LogP contribution is 2.26. The lowest BCUT2D eigenvalue weighted by molar-refractivity contribution is -0.136. The van der Waals surface area contributed by atoms with Crippen molar-refractivity contribution >= 4 is 22.0 Å². The summed E-state index contributed by atoms with van der Waals surface area (Å²) in [4.78, 5) is 29.1. The summed E-state index contributed by atoms with van der Waals surface area (Å²) < 4.78 is 34.4. The number of furan rings is 1. The zero-order valence-corrected chi connectivity index (χ0v) is 18.9. The van der Waals surface area contributed by atoms with Gasteiger partial charge in [-0.05, 0) is 37.8 Å². The minimum Gasteiger partial charge on any atom is -0.459 e. The summed E-state index contributed by atoms with van der Waals surface area (Å²) in [6.07, 6.45) is 7.97. The van der Waals surface area contributed by atoms with Crippen LogP contribution in [0.5, 0.6) is 0 Å². The van der Waals surface area contributed by atoms with Crippen molar-refractivity contribution in [1.29, 1.82) is 0 Å². The number of likely N-dealkylation sites (tertiary alicyclic amines) is 1. The highest BCUT2D eigenvalue weighted by atomic mass is 32.2. The van der Waals surface area contributed by atoms with Gasteiger partial charge >= 0.3 is 0 Å². The van der Waals surface area contributed by atoms with Crippen LogP contribution in [-0.2, 0) is 15.0 Å². The van der Waals surface area contributed by atoms with E-state index in [0.717, 1.165) is 32.1 Å². The first-order chi connectivity index (χ1) is 14.9. The van der Waals surface area contributed by atoms with Crippen LogP contribution in [0.15, 0.2) is 22.8 Å². The van der Waals surface area contributed by atoms with Crippen LogP contribution in [0.25, 0.3) is 0 Å². The molecule has 9 nitrogen and oxygen atoms in total. The van der Waals surface area contributed by atoms with Crippen LogP contribution in [0.1, 0.15) is 55.5 Å². The van der Waals surface area contributed by atoms with Crippen molar-refractivity contribution in [3.63, 3.8) is 0 Å². The zero-order chi connectivity index (χ0) is 22.0. The maximum atomic E-state index is 13.1. The Balaban J connectivity index is 1.35. The zero-order valence-electron chi connectivity index (χ0n) is 18.1. The highest BCUT2D eigenvalue weighted by molar-refractivity contribution is 7.86. The van der Waals surface area contributed by atoms with Gasteiger partial charge in [-0.1, -0.05) is 19.3 Å². The van der Waals surface area contributed by atoms with E-state index in [1.807, 2.05) is 0 Å². The molecule has 0 N–H and O–H groups in total. The summed E-state index contributed by atoms with van der Waals surface area (Å²) in [5.41, 5.74) is 0. The van der Waals surface area contributed by atoms with Crippen LogP contribution in [0.2, 0.25) is 0 Å². The predicted molar refractivity (Wildman–Crippen MR) is 114 cm³/mol. The standard InChI is InChI=1S/C21H32N4O5S/c1-22(17-7-3-2-4-8-17)31(28,29)24-14-12-23(13-15-24)20(26)18-9-5-11-25(18)21(27)19-10-6-16-30-19/h6,10,16-18H,2-5,7-9,11-15H2,1H3/t18-/m0/s1. The molecule has 0 bridgehead atoms. The number of rotatable bonds is 5. The SMILES string of the molecule is CN(C1CCCCC1)S(=O)(=O)N1CCN(C(=O)[C@@H]2CCCN2C(=O)c2ccco2)CC1. The lowest BCUT2D eigenvalue weighted by atomic mass is 9.96. The van der Waals surface area contributed by atoms with E-state index >= 15 is 0 Å². The summed E-state index contributed by atoms with van der Waals surface area (Å²) in [6.45, 7) is 1.77. The van der Waals surface area contributed by atoms with Gasteiger partial charge in [0.2, 0.25) is 5.91 Å². The van der Waals surface area contributed by atoms with E-state index in [2.05, 4.69) is 0 Å². The lowest BCUT2D eigenvalue weighted by Gasteiger charge is -2.39. The Morgan fingerprint density at radius 1 is 1.00 bits per heavy atom. The molecule has 1 aromatic heterocycles. The molecule has 1 aromatic rings. The molecule has 0 aromatic carbocycles. The van der Waals surface area contributed by atoms with Crippen molar-refractivity contribution in [3.8, 4) is 0 Å². The number of carbonyl (C=O) groups excluding carboxylic acids is 2. The molecule has 10 heteroatoms. The van der Waals surface area contributed by atoms with Crippen molar-refractivity contribution in [2.45, 2.75) is 57.0 Å². The average molecular weight is 453 g/mol. The van der Waals surface area contributed by atoms with Gasteiger partial charge in [0.25, 0.3) is 16.1 Å². The van der Waals surface area contributed by atoms with Gasteiger partial charge in [-0.25, -0.2) is 0 Å². The molecule has 1 aliphatic carbocycles. The summed E-state index contributed by atoms with van der Waals surface area (Å²) in [7, 11) is -1.85. The van der Waals surface area contributed by atoms with Crippen molar-refractivity contribution in [3.05, 3.63) is 24.2 Å². The summed E-state index contributed by atoms with van der Waals surface area (Å²) in [5.74, 6) is -0.132. The van der Waals surface area contributed by atoms with Crippen molar-refractivity contribution in [2.75, 3.05) is 39.8 Å². The fourth-order valence-corrected chi connectivity index (χ4v) is 6.55. The van der Waals surface area contributed by atoms with E-state index in [-0.39, 0.29) is 36.7 Å². The van der Waals surface area contributed by atoms with E-state index in [1.165, 1.54) is 21.3 Å². The molecule has 0 radical (unpaired) electrons. The third-order valence-electron chi connectivity index (χ3n) is 6.86. The van der Waals surface area contributed by atoms with Gasteiger partial charge in [-0.3, -0.25) is 9.59 Å². The topological polar surface area (TPSA) is 94.4 Å². The Kier molecular flexibility index (Phi) is 6.68. The van der Waals surface area contributed by atoms with Gasteiger partial charge in [0.15, 0.2) is 5.76 Å². The molecule has 3 fully saturated rings. The van der Waals surface area contributed by atoms with Gasteiger partial charge in [-0.2, -0.15) is 17.0 Å². The Morgan fingerprint density at radius 2 is 1.71 bits per heavy atom. The maximum Gasteiger partial charge on any atom is 0.290 e. The molecule has 3 heterocycles. The Bertz CT molecular complexity index is 874. The van der Waals surface area contributed by atoms with E-state index in [9.17, 15) is 18.0 Å². The molecule has 2 saturated heterocycles. The molecule has 172 valence electrons. The molecular formula is C21H32N4O5S. The van der Waals surface area contributed by atoms with Gasteiger partial charge < -0.3 is 14.2 Å². The lowest BCUT2D eigenvalue weighted by Crippen LogP contribution is -2.57. The quantitative estimate of drug-likeness (QED) is 0.675. The molecule has 1 saturated carbocycles. The number of hydrogen-bond donors (Lipinski definition) is 0. The predicted octanol–water partition coefficient (Wildman–Crippen LogP) is 1.54. The fourth-order valence-electron chi connectivity index (χ4n) is 4.97. The summed E-state index contributed by atoms with van der Waals surface area (Å²) in [6, 6.07) is 2.82. The highest BCUT2D eigenvalue weighted by Gasteiger charge is 2.40. The number of hydrogen-bond acceptors (Lipinski definition) is 5. The smallest absolute Gasteiger partial charge is 0.290 e. The van der Waals surface area contributed by atoms with Gasteiger partial charge in [0.05, 0.1) is 6.26 Å². The number of amides is 2. The first-order valence-electron chi connectivity index (χ1n) is 11.3. The van der Waals surface area contributed by atoms with Crippen LogP contribution in [-0.4, -0.2) is 90.5 Å². The van der Waals surface area contributed by atoms with Crippen LogP contribution < -0.4 is 0 Å². The Labute approximate surface area is 184 Å². The third-order valence-corrected chi connectivity index (χ3v) is 8.90. The Hall–Kier alpha value is -1.91. The number of piperazine rings is 1. The second-order valence-electron chi connectivity index (χ2n) is 8.67. The minimum atomic E-state index is -3.53. The normalized spacial score (nSPS) is 24.1. The van der Waals surface area contributed by atoms with Gasteiger partial charge in [-0.15, -0.1) is 0 Å². The van der Waals surface area contributed by atoms with E-state index in [0.29, 0.717) is 26.1 Å². The maximum absolute atomic E-state index is 13.1. The number of nitrogens with zero attached hydrogens (tertiary/aromatic N) is 4. The minimum absolute atomic E-state index is 0.0677. The molecule has 2 aliphatic heterocycles. The van der Waals surface area contributed by atoms with Crippen LogP contribution in [0, 0.1) is 0 Å². The molecular weight excluding hydrogens is 420 g/mol. The largest absolute Gasteiger partial charge is 0.459 e. The van der Waals surface area contributed by atoms with Crippen LogP contribution >= 0.6 is 0 Å². The second-order valence-corrected chi connectivity index (χ2v) is 10.7. The third kappa shape index (κ3) is 4.51. The van der Waals surface area contributed by atoms with Gasteiger partial charge in [0.1, 0.15) is 6.04 Å². The Morgan fingerprint density at radius 3 is 2.35 bits per heavy atom. The molecule has 0 spiro atoms. The fraction of sp³-hybridized carbons (Fsp3) is 0.714. The van der Waals surface area contributed by atoms with Crippen molar-refractivity contribution in [2.24, 2.45) is 0 Å². The molecule has 1 atom stereocenters. The van der Waals surface area contributed by atoms with Crippen LogP contribution in [0.3, 0.4) is 0 Å². The first kappa shape index (κ1) is 22.3. The van der Waals surface area contributed by atoms with E-state index < -0.39 is 16.3 Å². The first-order valence-corrected chi connectivity index (χ1v) is 12.7. The number of carbonyl (C=O) groups is 2. The molecule has 31 heavy (non-hydrogen) atoms. The van der Waals surface area contributed by atoms with Gasteiger partial charge in [0, 0.05) is 45.8 Å². The molecule has 3 aliphatic rings. The summed E-state index contributed by atoms with van der Waals surface area (Å²) >= 11 is 0. The van der Waals surface area contributed by atoms with Crippen molar-refractivity contribution in [1.82, 2.24) is 18.4 Å². The monoisotopic (exact) mass is 452 g/mol. The molecule has 0 unspecified atom stereocenters. The molecule has 2 amide bonds. The van der Waals surface area contributed by atoms with E-state index in [4.69, 9.17) is 4.42 Å². The second kappa shape index (κ2) is 9.30. The summed E-state index contributed by atoms with van der Waals surface area (Å²) in [5, 5.41) is 0. The van der Waals surface area contributed by atoms with E-state index in [1.54, 1.807) is 29.0 Å². The average Bonchev–Trinajstić information content (AvgIpc) is 3.51. The molecule has 4 rings (SSSR count).